The molecule has 116 valence electrons. The molecule has 23 heavy (non-hydrogen) atoms. The van der Waals surface area contributed by atoms with E-state index < -0.39 is 5.97 Å². The Balaban J connectivity index is 0.00000156. The summed E-state index contributed by atoms with van der Waals surface area (Å²) in [4.78, 5) is 10.7. The highest BCUT2D eigenvalue weighted by Crippen LogP contribution is 2.36. The molecular weight excluding hydrogens is 288 g/mol. The number of aryl methyl sites for hydroxylation is 1. The van der Waals surface area contributed by atoms with Crippen LogP contribution in [-0.2, 0) is 11.2 Å². The van der Waals surface area contributed by atoms with Gasteiger partial charge >= 0.3 is 5.97 Å². The van der Waals surface area contributed by atoms with Gasteiger partial charge in [-0.3, -0.25) is 4.79 Å². The molecule has 0 aromatic heterocycles. The molecule has 3 nitrogen and oxygen atoms in total. The normalized spacial score (nSPS) is 11.1. The van der Waals surface area contributed by atoms with E-state index in [0.717, 1.165) is 6.42 Å². The van der Waals surface area contributed by atoms with Crippen LogP contribution >= 0.6 is 0 Å². The third kappa shape index (κ3) is 2.49. The summed E-state index contributed by atoms with van der Waals surface area (Å²) in [5.74, 6) is -0.724. The molecule has 0 aliphatic carbocycles. The predicted octanol–water partition coefficient (Wildman–Crippen LogP) is 4.17. The van der Waals surface area contributed by atoms with Crippen molar-refractivity contribution in [3.8, 4) is 0 Å². The average Bonchev–Trinajstić information content (AvgIpc) is 2.53. The zero-order valence-electron chi connectivity index (χ0n) is 12.7. The van der Waals surface area contributed by atoms with Gasteiger partial charge in [0.05, 0.1) is 0 Å². The van der Waals surface area contributed by atoms with Crippen LogP contribution < -0.4 is 0 Å². The minimum atomic E-state index is -0.724. The maximum atomic E-state index is 10.7. The molecule has 3 heteroatoms. The lowest BCUT2D eigenvalue weighted by atomic mass is 9.90. The molecule has 0 spiro atoms. The monoisotopic (exact) mass is 306 g/mol. The van der Waals surface area contributed by atoms with E-state index in [-0.39, 0.29) is 11.9 Å². The van der Waals surface area contributed by atoms with Crippen molar-refractivity contribution in [3.63, 3.8) is 0 Å². The standard InChI is InChI=1S/C20H16O2.H2O/c21-18(22)6-2-3-13-7-8-16-10-9-14-4-1-5-15-11-12-17(13)20(16)19(14)15;/h1,4-5,7-12H,2-3,6H2,(H,21,22);1H2. The van der Waals surface area contributed by atoms with Crippen LogP contribution in [0.1, 0.15) is 18.4 Å². The molecule has 3 N–H and O–H groups in total. The molecule has 4 rings (SSSR count). The number of rotatable bonds is 4. The highest BCUT2D eigenvalue weighted by Gasteiger charge is 2.10. The third-order valence-corrected chi connectivity index (χ3v) is 4.46. The second-order valence-corrected chi connectivity index (χ2v) is 5.83. The maximum absolute atomic E-state index is 10.7. The minimum absolute atomic E-state index is 0. The number of carboxylic acid groups (broad SMARTS) is 1. The van der Waals surface area contributed by atoms with Crippen molar-refractivity contribution in [2.24, 2.45) is 0 Å². The van der Waals surface area contributed by atoms with Crippen LogP contribution in [0, 0.1) is 0 Å². The molecule has 0 fully saturated rings. The van der Waals surface area contributed by atoms with Crippen molar-refractivity contribution >= 4 is 38.3 Å². The van der Waals surface area contributed by atoms with E-state index in [1.165, 1.54) is 37.9 Å². The SMILES string of the molecule is O.O=C(O)CCCc1ccc2ccc3cccc4ccc1c2c34. The van der Waals surface area contributed by atoms with Gasteiger partial charge in [-0.1, -0.05) is 54.6 Å². The lowest BCUT2D eigenvalue weighted by Gasteiger charge is -2.13. The summed E-state index contributed by atoms with van der Waals surface area (Å²) in [5.41, 5.74) is 1.24. The van der Waals surface area contributed by atoms with Crippen molar-refractivity contribution in [1.29, 1.82) is 0 Å². The van der Waals surface area contributed by atoms with E-state index in [9.17, 15) is 4.79 Å². The van der Waals surface area contributed by atoms with Gasteiger partial charge in [0.2, 0.25) is 0 Å². The fourth-order valence-electron chi connectivity index (χ4n) is 3.44. The molecule has 0 radical (unpaired) electrons. The van der Waals surface area contributed by atoms with Gasteiger partial charge in [-0.2, -0.15) is 0 Å². The largest absolute Gasteiger partial charge is 0.481 e. The summed E-state index contributed by atoms with van der Waals surface area (Å²) in [6.45, 7) is 0. The van der Waals surface area contributed by atoms with Crippen molar-refractivity contribution in [2.45, 2.75) is 19.3 Å². The number of hydrogen-bond acceptors (Lipinski definition) is 1. The molecule has 0 aliphatic heterocycles. The summed E-state index contributed by atoms with van der Waals surface area (Å²) in [6, 6.07) is 19.4. The number of aliphatic carboxylic acids is 1. The Kier molecular flexibility index (Phi) is 3.89. The Morgan fingerprint density at radius 1 is 0.826 bits per heavy atom. The van der Waals surface area contributed by atoms with Crippen molar-refractivity contribution < 1.29 is 15.4 Å². The summed E-state index contributed by atoms with van der Waals surface area (Å²) in [5, 5.41) is 16.5. The van der Waals surface area contributed by atoms with Gasteiger partial charge < -0.3 is 10.6 Å². The second kappa shape index (κ2) is 5.86. The Hall–Kier alpha value is -2.65. The van der Waals surface area contributed by atoms with Crippen LogP contribution in [-0.4, -0.2) is 16.6 Å². The smallest absolute Gasteiger partial charge is 0.303 e. The van der Waals surface area contributed by atoms with Gasteiger partial charge in [0.25, 0.3) is 0 Å². The van der Waals surface area contributed by atoms with Gasteiger partial charge in [-0.25, -0.2) is 0 Å². The van der Waals surface area contributed by atoms with Crippen molar-refractivity contribution in [3.05, 3.63) is 60.2 Å². The van der Waals surface area contributed by atoms with Gasteiger partial charge in [0.15, 0.2) is 0 Å². The molecule has 0 amide bonds. The molecule has 4 aromatic rings. The summed E-state index contributed by atoms with van der Waals surface area (Å²) in [7, 11) is 0. The lowest BCUT2D eigenvalue weighted by Crippen LogP contribution is -1.96. The van der Waals surface area contributed by atoms with Gasteiger partial charge in [-0.15, -0.1) is 0 Å². The van der Waals surface area contributed by atoms with Gasteiger partial charge in [0, 0.05) is 6.42 Å². The second-order valence-electron chi connectivity index (χ2n) is 5.83. The van der Waals surface area contributed by atoms with E-state index in [1.54, 1.807) is 0 Å². The first-order valence-electron chi connectivity index (χ1n) is 7.61. The predicted molar refractivity (Wildman–Crippen MR) is 94.3 cm³/mol. The number of carbonyl (C=O) groups is 1. The topological polar surface area (TPSA) is 68.8 Å². The van der Waals surface area contributed by atoms with E-state index in [2.05, 4.69) is 54.6 Å². The first-order chi connectivity index (χ1) is 10.7. The summed E-state index contributed by atoms with van der Waals surface area (Å²) >= 11 is 0. The first-order valence-corrected chi connectivity index (χ1v) is 7.61. The third-order valence-electron chi connectivity index (χ3n) is 4.46. The Morgan fingerprint density at radius 3 is 2.13 bits per heavy atom. The molecule has 0 saturated carbocycles. The number of benzene rings is 4. The van der Waals surface area contributed by atoms with Gasteiger partial charge in [0.1, 0.15) is 0 Å². The summed E-state index contributed by atoms with van der Waals surface area (Å²) in [6.07, 6.45) is 1.71. The van der Waals surface area contributed by atoms with Crippen LogP contribution in [0.2, 0.25) is 0 Å². The fraction of sp³-hybridized carbons (Fsp3) is 0.150. The number of hydrogen-bond donors (Lipinski definition) is 1. The van der Waals surface area contributed by atoms with Crippen LogP contribution in [0.15, 0.2) is 54.6 Å². The Bertz CT molecular complexity index is 972. The molecule has 0 atom stereocenters. The molecule has 0 heterocycles. The lowest BCUT2D eigenvalue weighted by molar-refractivity contribution is -0.137. The van der Waals surface area contributed by atoms with Crippen LogP contribution in [0.4, 0.5) is 0 Å². The molecule has 4 aromatic carbocycles. The first kappa shape index (κ1) is 15.3. The van der Waals surface area contributed by atoms with Gasteiger partial charge in [-0.05, 0) is 50.7 Å². The molecular formula is C20H18O3. The van der Waals surface area contributed by atoms with E-state index in [0.29, 0.717) is 6.42 Å². The van der Waals surface area contributed by atoms with E-state index in [1.807, 2.05) is 0 Å². The molecule has 0 bridgehead atoms. The van der Waals surface area contributed by atoms with Crippen LogP contribution in [0.5, 0.6) is 0 Å². The highest BCUT2D eigenvalue weighted by atomic mass is 16.4. The number of carboxylic acids is 1. The highest BCUT2D eigenvalue weighted by molar-refractivity contribution is 6.23. The zero-order chi connectivity index (χ0) is 15.1. The van der Waals surface area contributed by atoms with Crippen LogP contribution in [0.25, 0.3) is 32.3 Å². The Morgan fingerprint density at radius 2 is 1.43 bits per heavy atom. The maximum Gasteiger partial charge on any atom is 0.303 e. The van der Waals surface area contributed by atoms with Crippen LogP contribution in [0.3, 0.4) is 0 Å². The molecule has 0 saturated heterocycles. The fourth-order valence-corrected chi connectivity index (χ4v) is 3.44. The van der Waals surface area contributed by atoms with E-state index >= 15 is 0 Å². The van der Waals surface area contributed by atoms with Crippen molar-refractivity contribution in [2.75, 3.05) is 0 Å². The minimum Gasteiger partial charge on any atom is -0.481 e. The molecule has 0 unspecified atom stereocenters. The quantitative estimate of drug-likeness (QED) is 0.575. The zero-order valence-corrected chi connectivity index (χ0v) is 12.7. The average molecular weight is 306 g/mol. The Labute approximate surface area is 133 Å². The van der Waals surface area contributed by atoms with Crippen molar-refractivity contribution in [1.82, 2.24) is 0 Å². The van der Waals surface area contributed by atoms with E-state index in [4.69, 9.17) is 5.11 Å². The summed E-state index contributed by atoms with van der Waals surface area (Å²) < 4.78 is 0. The molecule has 0 aliphatic rings.